The zero-order valence-electron chi connectivity index (χ0n) is 18.8. The zero-order chi connectivity index (χ0) is 22.2. The van der Waals surface area contributed by atoms with Crippen LogP contribution in [0.15, 0.2) is 29.9 Å². The Morgan fingerprint density at radius 3 is 2.65 bits per heavy atom. The van der Waals surface area contributed by atoms with Gasteiger partial charge in [0.25, 0.3) is 0 Å². The third-order valence-electron chi connectivity index (χ3n) is 5.16. The summed E-state index contributed by atoms with van der Waals surface area (Å²) in [7, 11) is 6.91. The molecule has 2 aromatic rings. The van der Waals surface area contributed by atoms with E-state index in [2.05, 4.69) is 26.2 Å². The lowest BCUT2D eigenvalue weighted by atomic mass is 10.1. The normalized spacial score (nSPS) is 16.0. The fraction of sp³-hybridized carbons (Fsp3) is 0.545. The number of thioether (sulfide) groups is 1. The fourth-order valence-electron chi connectivity index (χ4n) is 3.67. The topological polar surface area (TPSA) is 70.9 Å². The molecule has 0 spiro atoms. The Balaban J connectivity index is 1.71. The van der Waals surface area contributed by atoms with E-state index in [0.717, 1.165) is 41.7 Å². The van der Waals surface area contributed by atoms with Crippen molar-refractivity contribution in [3.8, 4) is 17.2 Å². The largest absolute Gasteiger partial charge is 0.493 e. The van der Waals surface area contributed by atoms with Gasteiger partial charge in [-0.1, -0.05) is 23.9 Å². The summed E-state index contributed by atoms with van der Waals surface area (Å²) in [6.07, 6.45) is 4.44. The van der Waals surface area contributed by atoms with E-state index in [0.29, 0.717) is 43.0 Å². The molecule has 1 aliphatic rings. The van der Waals surface area contributed by atoms with Gasteiger partial charge in [-0.2, -0.15) is 0 Å². The number of aromatic nitrogens is 3. The van der Waals surface area contributed by atoms with Gasteiger partial charge in [0.2, 0.25) is 5.75 Å². The van der Waals surface area contributed by atoms with Crippen molar-refractivity contribution < 1.29 is 18.9 Å². The van der Waals surface area contributed by atoms with Crippen molar-refractivity contribution in [3.05, 3.63) is 36.2 Å². The summed E-state index contributed by atoms with van der Waals surface area (Å²) in [6.45, 7) is 6.72. The number of ether oxygens (including phenoxy) is 4. The molecule has 1 aromatic heterocycles. The molecule has 1 aliphatic heterocycles. The highest BCUT2D eigenvalue weighted by molar-refractivity contribution is 7.99. The third-order valence-corrected chi connectivity index (χ3v) is 6.26. The number of benzene rings is 1. The second-order valence-electron chi connectivity index (χ2n) is 7.41. The molecule has 0 radical (unpaired) electrons. The van der Waals surface area contributed by atoms with Gasteiger partial charge in [0.1, 0.15) is 5.82 Å². The molecule has 3 rings (SSSR count). The Bertz CT molecular complexity index is 867. The van der Waals surface area contributed by atoms with Crippen molar-refractivity contribution in [2.24, 2.45) is 0 Å². The van der Waals surface area contributed by atoms with Gasteiger partial charge in [0.05, 0.1) is 34.0 Å². The molecule has 0 aliphatic carbocycles. The van der Waals surface area contributed by atoms with Gasteiger partial charge in [-0.05, 0) is 26.0 Å². The summed E-state index contributed by atoms with van der Waals surface area (Å²) >= 11 is 1.70. The average Bonchev–Trinajstić information content (AvgIpc) is 3.42. The van der Waals surface area contributed by atoms with Crippen LogP contribution in [-0.2, 0) is 24.4 Å². The molecule has 8 nitrogen and oxygen atoms in total. The zero-order valence-corrected chi connectivity index (χ0v) is 19.6. The number of rotatable bonds is 12. The molecule has 0 bridgehead atoms. The standard InChI is InChI=1S/C22H32N4O4S/c1-6-11-26-19(23-24-22(26)31-15-17-8-7-12-30-17)14-25(2)13-16-9-10-18(27-3)21(29-5)20(16)28-4/h6,9-10,17H,1,7-8,11-15H2,2-5H3/t17-/m1/s1. The Kier molecular flexibility index (Phi) is 8.62. The van der Waals surface area contributed by atoms with Crippen LogP contribution < -0.4 is 14.2 Å². The van der Waals surface area contributed by atoms with Gasteiger partial charge in [0, 0.05) is 31.0 Å². The highest BCUT2D eigenvalue weighted by atomic mass is 32.2. The van der Waals surface area contributed by atoms with Crippen molar-refractivity contribution in [1.82, 2.24) is 19.7 Å². The number of methoxy groups -OCH3 is 3. The minimum atomic E-state index is 0.308. The molecule has 31 heavy (non-hydrogen) atoms. The quantitative estimate of drug-likeness (QED) is 0.361. The Morgan fingerprint density at radius 2 is 2.00 bits per heavy atom. The van der Waals surface area contributed by atoms with Gasteiger partial charge in [-0.25, -0.2) is 0 Å². The van der Waals surface area contributed by atoms with Gasteiger partial charge in [-0.15, -0.1) is 16.8 Å². The van der Waals surface area contributed by atoms with Crippen LogP contribution in [0.5, 0.6) is 17.2 Å². The molecule has 1 fully saturated rings. The first-order valence-corrected chi connectivity index (χ1v) is 11.3. The van der Waals surface area contributed by atoms with Crippen LogP contribution in [0, 0.1) is 0 Å². The molecular weight excluding hydrogens is 416 g/mol. The molecule has 170 valence electrons. The van der Waals surface area contributed by atoms with Gasteiger partial charge >= 0.3 is 0 Å². The number of hydrogen-bond donors (Lipinski definition) is 0. The second-order valence-corrected chi connectivity index (χ2v) is 8.40. The highest BCUT2D eigenvalue weighted by Gasteiger charge is 2.20. The second kappa shape index (κ2) is 11.4. The first-order chi connectivity index (χ1) is 15.1. The van der Waals surface area contributed by atoms with E-state index < -0.39 is 0 Å². The minimum Gasteiger partial charge on any atom is -0.493 e. The maximum atomic E-state index is 5.73. The van der Waals surface area contributed by atoms with Crippen molar-refractivity contribution >= 4 is 11.8 Å². The van der Waals surface area contributed by atoms with Crippen LogP contribution in [0.2, 0.25) is 0 Å². The molecule has 0 N–H and O–H groups in total. The molecule has 1 saturated heterocycles. The molecule has 0 unspecified atom stereocenters. The molecule has 0 saturated carbocycles. The van der Waals surface area contributed by atoms with E-state index in [4.69, 9.17) is 18.9 Å². The van der Waals surface area contributed by atoms with E-state index in [-0.39, 0.29) is 0 Å². The molecule has 2 heterocycles. The van der Waals surface area contributed by atoms with Crippen molar-refractivity contribution in [2.75, 3.05) is 40.7 Å². The number of hydrogen-bond acceptors (Lipinski definition) is 8. The third kappa shape index (κ3) is 5.72. The smallest absolute Gasteiger partial charge is 0.203 e. The minimum absolute atomic E-state index is 0.308. The van der Waals surface area contributed by atoms with Crippen LogP contribution in [0.25, 0.3) is 0 Å². The molecule has 0 amide bonds. The monoisotopic (exact) mass is 448 g/mol. The molecule has 9 heteroatoms. The number of nitrogens with zero attached hydrogens (tertiary/aromatic N) is 4. The van der Waals surface area contributed by atoms with Gasteiger partial charge in [0.15, 0.2) is 16.7 Å². The van der Waals surface area contributed by atoms with E-state index in [1.54, 1.807) is 33.1 Å². The van der Waals surface area contributed by atoms with Gasteiger partial charge < -0.3 is 23.5 Å². The lowest BCUT2D eigenvalue weighted by Gasteiger charge is -2.20. The van der Waals surface area contributed by atoms with E-state index in [9.17, 15) is 0 Å². The summed E-state index contributed by atoms with van der Waals surface area (Å²) in [5.41, 5.74) is 1.01. The van der Waals surface area contributed by atoms with Crippen LogP contribution >= 0.6 is 11.8 Å². The van der Waals surface area contributed by atoms with Crippen LogP contribution in [0.3, 0.4) is 0 Å². The first kappa shape index (κ1) is 23.4. The maximum Gasteiger partial charge on any atom is 0.203 e. The maximum absolute atomic E-state index is 5.73. The molecule has 1 aromatic carbocycles. The molecule has 1 atom stereocenters. The molecular formula is C22H32N4O4S. The first-order valence-electron chi connectivity index (χ1n) is 10.3. The number of allylic oxidation sites excluding steroid dienone is 1. The Labute approximate surface area is 188 Å². The Hall–Kier alpha value is -2.23. The van der Waals surface area contributed by atoms with Crippen LogP contribution in [-0.4, -0.2) is 66.5 Å². The predicted molar refractivity (Wildman–Crippen MR) is 121 cm³/mol. The van der Waals surface area contributed by atoms with Crippen LogP contribution in [0.1, 0.15) is 24.2 Å². The summed E-state index contributed by atoms with van der Waals surface area (Å²) < 4.78 is 24.3. The predicted octanol–water partition coefficient (Wildman–Crippen LogP) is 3.39. The van der Waals surface area contributed by atoms with E-state index in [1.165, 1.54) is 0 Å². The lowest BCUT2D eigenvalue weighted by molar-refractivity contribution is 0.129. The van der Waals surface area contributed by atoms with Crippen molar-refractivity contribution in [3.63, 3.8) is 0 Å². The average molecular weight is 449 g/mol. The van der Waals surface area contributed by atoms with E-state index >= 15 is 0 Å². The highest BCUT2D eigenvalue weighted by Crippen LogP contribution is 2.40. The fourth-order valence-corrected chi connectivity index (χ4v) is 4.71. The van der Waals surface area contributed by atoms with Crippen molar-refractivity contribution in [2.45, 2.75) is 43.7 Å². The van der Waals surface area contributed by atoms with Crippen LogP contribution in [0.4, 0.5) is 0 Å². The summed E-state index contributed by atoms with van der Waals surface area (Å²) in [5, 5.41) is 9.78. The lowest BCUT2D eigenvalue weighted by Crippen LogP contribution is -2.21. The SMILES string of the molecule is C=CCn1c(CN(C)Cc2ccc(OC)c(OC)c2OC)nnc1SC[C@H]1CCCO1. The summed E-state index contributed by atoms with van der Waals surface area (Å²) in [6, 6.07) is 3.89. The Morgan fingerprint density at radius 1 is 1.19 bits per heavy atom. The summed E-state index contributed by atoms with van der Waals surface area (Å²) in [4.78, 5) is 2.17. The van der Waals surface area contributed by atoms with Crippen molar-refractivity contribution in [1.29, 1.82) is 0 Å². The van der Waals surface area contributed by atoms with E-state index in [1.807, 2.05) is 25.3 Å². The summed E-state index contributed by atoms with van der Waals surface area (Å²) in [5.74, 6) is 3.71. The van der Waals surface area contributed by atoms with Gasteiger partial charge in [-0.3, -0.25) is 4.90 Å².